The van der Waals surface area contributed by atoms with Gasteiger partial charge in [-0.15, -0.1) is 0 Å². The maximum Gasteiger partial charge on any atom is 0.272 e. The summed E-state index contributed by atoms with van der Waals surface area (Å²) in [5, 5.41) is 3.87. The van der Waals surface area contributed by atoms with E-state index in [-0.39, 0.29) is 18.2 Å². The van der Waals surface area contributed by atoms with Crippen LogP contribution in [-0.4, -0.2) is 35.7 Å². The number of hydrogen-bond acceptors (Lipinski definition) is 3. The molecule has 2 heterocycles. The normalized spacial score (nSPS) is 15.8. The van der Waals surface area contributed by atoms with E-state index in [0.29, 0.717) is 5.71 Å². The summed E-state index contributed by atoms with van der Waals surface area (Å²) in [5.74, 6) is -0.557. The van der Waals surface area contributed by atoms with Crippen molar-refractivity contribution in [3.8, 4) is 0 Å². The number of anilines is 1. The zero-order chi connectivity index (χ0) is 22.1. The fourth-order valence-corrected chi connectivity index (χ4v) is 4.05. The summed E-state index contributed by atoms with van der Waals surface area (Å²) in [6, 6.07) is 27.2. The lowest BCUT2D eigenvalue weighted by Gasteiger charge is -2.20. The smallest absolute Gasteiger partial charge is 0.272 e. The number of aliphatic imine (C=N–C) groups is 1. The highest BCUT2D eigenvalue weighted by Crippen LogP contribution is 2.27. The van der Waals surface area contributed by atoms with E-state index >= 15 is 0 Å². The molecule has 5 rings (SSSR count). The SMILES string of the molecule is CN1C(=O)[C@H](NC(=O)Cc2cc3ccccc3[nH]2)N=C(c2ccccc2)c2ccccc21. The molecule has 1 atom stereocenters. The van der Waals surface area contributed by atoms with Crippen LogP contribution in [0.4, 0.5) is 5.69 Å². The van der Waals surface area contributed by atoms with Crippen molar-refractivity contribution in [3.63, 3.8) is 0 Å². The predicted octanol–water partition coefficient (Wildman–Crippen LogP) is 3.67. The zero-order valence-corrected chi connectivity index (χ0v) is 17.6. The first kappa shape index (κ1) is 19.8. The van der Waals surface area contributed by atoms with Gasteiger partial charge in [-0.05, 0) is 23.6 Å². The molecule has 4 aromatic rings. The summed E-state index contributed by atoms with van der Waals surface area (Å²) in [4.78, 5) is 35.6. The molecule has 32 heavy (non-hydrogen) atoms. The zero-order valence-electron chi connectivity index (χ0n) is 17.6. The fraction of sp³-hybridized carbons (Fsp3) is 0.115. The summed E-state index contributed by atoms with van der Waals surface area (Å²) >= 11 is 0. The van der Waals surface area contributed by atoms with E-state index in [0.717, 1.165) is 33.4 Å². The maximum absolute atomic E-state index is 13.2. The molecular formula is C26H22N4O2. The molecule has 0 spiro atoms. The molecule has 6 nitrogen and oxygen atoms in total. The van der Waals surface area contributed by atoms with Crippen molar-refractivity contribution in [3.05, 3.63) is 102 Å². The van der Waals surface area contributed by atoms with E-state index in [1.165, 1.54) is 0 Å². The molecule has 3 aromatic carbocycles. The van der Waals surface area contributed by atoms with E-state index in [1.807, 2.05) is 84.9 Å². The molecule has 2 amide bonds. The molecule has 0 unspecified atom stereocenters. The summed E-state index contributed by atoms with van der Waals surface area (Å²) in [7, 11) is 1.71. The van der Waals surface area contributed by atoms with Crippen molar-refractivity contribution >= 4 is 34.1 Å². The van der Waals surface area contributed by atoms with Gasteiger partial charge in [0.25, 0.3) is 5.91 Å². The number of H-pyrrole nitrogens is 1. The first-order chi connectivity index (χ1) is 15.6. The van der Waals surface area contributed by atoms with Crippen LogP contribution in [0.25, 0.3) is 10.9 Å². The van der Waals surface area contributed by atoms with Crippen LogP contribution in [0.15, 0.2) is 89.9 Å². The molecule has 0 aliphatic carbocycles. The molecule has 0 saturated heterocycles. The summed E-state index contributed by atoms with van der Waals surface area (Å²) < 4.78 is 0. The van der Waals surface area contributed by atoms with E-state index in [2.05, 4.69) is 10.3 Å². The number of carbonyl (C=O) groups excluding carboxylic acids is 2. The van der Waals surface area contributed by atoms with Crippen LogP contribution in [-0.2, 0) is 16.0 Å². The maximum atomic E-state index is 13.2. The Hall–Kier alpha value is -4.19. The molecule has 0 bridgehead atoms. The Morgan fingerprint density at radius 2 is 1.72 bits per heavy atom. The third-order valence-corrected chi connectivity index (χ3v) is 5.62. The van der Waals surface area contributed by atoms with E-state index in [1.54, 1.807) is 11.9 Å². The number of nitrogens with one attached hydrogen (secondary N) is 2. The van der Waals surface area contributed by atoms with Gasteiger partial charge < -0.3 is 15.2 Å². The molecule has 2 N–H and O–H groups in total. The Balaban J connectivity index is 1.47. The van der Waals surface area contributed by atoms with Crippen LogP contribution in [0.3, 0.4) is 0 Å². The Morgan fingerprint density at radius 1 is 1.00 bits per heavy atom. The fourth-order valence-electron chi connectivity index (χ4n) is 4.05. The summed E-state index contributed by atoms with van der Waals surface area (Å²) in [6.07, 6.45) is -0.884. The second-order valence-corrected chi connectivity index (χ2v) is 7.79. The Labute approximate surface area is 185 Å². The Bertz CT molecular complexity index is 1310. The summed E-state index contributed by atoms with van der Waals surface area (Å²) in [5.41, 5.74) is 4.93. The van der Waals surface area contributed by atoms with Gasteiger partial charge in [-0.2, -0.15) is 0 Å². The van der Waals surface area contributed by atoms with Crippen molar-refractivity contribution in [2.45, 2.75) is 12.6 Å². The second-order valence-electron chi connectivity index (χ2n) is 7.79. The number of rotatable bonds is 4. The van der Waals surface area contributed by atoms with Crippen LogP contribution >= 0.6 is 0 Å². The molecule has 1 aliphatic rings. The highest BCUT2D eigenvalue weighted by molar-refractivity contribution is 6.20. The monoisotopic (exact) mass is 422 g/mol. The first-order valence-electron chi connectivity index (χ1n) is 10.5. The van der Waals surface area contributed by atoms with Crippen molar-refractivity contribution in [1.82, 2.24) is 10.3 Å². The number of aromatic amines is 1. The predicted molar refractivity (Wildman–Crippen MR) is 126 cm³/mol. The number of nitrogens with zero attached hydrogens (tertiary/aromatic N) is 2. The van der Waals surface area contributed by atoms with Gasteiger partial charge in [0.1, 0.15) is 0 Å². The van der Waals surface area contributed by atoms with Crippen molar-refractivity contribution in [1.29, 1.82) is 0 Å². The largest absolute Gasteiger partial charge is 0.358 e. The van der Waals surface area contributed by atoms with Crippen molar-refractivity contribution < 1.29 is 9.59 Å². The van der Waals surface area contributed by atoms with Gasteiger partial charge in [0.2, 0.25) is 12.1 Å². The topological polar surface area (TPSA) is 77.6 Å². The number of hydrogen-bond donors (Lipinski definition) is 2. The number of carbonyl (C=O) groups is 2. The minimum absolute atomic E-state index is 0.130. The van der Waals surface area contributed by atoms with Gasteiger partial charge in [-0.3, -0.25) is 9.59 Å². The molecule has 158 valence electrons. The molecule has 1 aromatic heterocycles. The molecule has 6 heteroatoms. The lowest BCUT2D eigenvalue weighted by atomic mass is 10.0. The second kappa shape index (κ2) is 8.15. The van der Waals surface area contributed by atoms with Gasteiger partial charge in [0.15, 0.2) is 0 Å². The number of amides is 2. The molecule has 0 saturated carbocycles. The van der Waals surface area contributed by atoms with Crippen LogP contribution in [0.5, 0.6) is 0 Å². The highest BCUT2D eigenvalue weighted by atomic mass is 16.2. The average molecular weight is 422 g/mol. The minimum atomic E-state index is -1.01. The number of aromatic nitrogens is 1. The van der Waals surface area contributed by atoms with Crippen LogP contribution < -0.4 is 10.2 Å². The van der Waals surface area contributed by atoms with Gasteiger partial charge in [-0.1, -0.05) is 66.7 Å². The number of benzodiazepines with no additional fused rings is 1. The molecule has 1 aliphatic heterocycles. The molecule has 0 radical (unpaired) electrons. The number of likely N-dealkylation sites (N-methyl/N-ethyl adjacent to an activating group) is 1. The third-order valence-electron chi connectivity index (χ3n) is 5.62. The minimum Gasteiger partial charge on any atom is -0.358 e. The van der Waals surface area contributed by atoms with Gasteiger partial charge in [-0.25, -0.2) is 4.99 Å². The summed E-state index contributed by atoms with van der Waals surface area (Å²) in [6.45, 7) is 0. The van der Waals surface area contributed by atoms with E-state index < -0.39 is 6.17 Å². The van der Waals surface area contributed by atoms with Crippen LogP contribution in [0.2, 0.25) is 0 Å². The lowest BCUT2D eigenvalue weighted by Crippen LogP contribution is -2.46. The third kappa shape index (κ3) is 3.67. The lowest BCUT2D eigenvalue weighted by molar-refractivity contribution is -0.126. The van der Waals surface area contributed by atoms with Gasteiger partial charge >= 0.3 is 0 Å². The van der Waals surface area contributed by atoms with E-state index in [4.69, 9.17) is 4.99 Å². The molecule has 0 fully saturated rings. The quantitative estimate of drug-likeness (QED) is 0.526. The number of fused-ring (bicyclic) bond motifs is 2. The van der Waals surface area contributed by atoms with Gasteiger partial charge in [0.05, 0.1) is 17.8 Å². The first-order valence-corrected chi connectivity index (χ1v) is 10.5. The number of para-hydroxylation sites is 2. The van der Waals surface area contributed by atoms with E-state index in [9.17, 15) is 9.59 Å². The standard InChI is InChI=1S/C26H22N4O2/c1-30-22-14-8-6-12-20(22)24(17-9-3-2-4-10-17)29-25(26(30)32)28-23(31)16-19-15-18-11-5-7-13-21(18)27-19/h2-15,25,27H,16H2,1H3,(H,28,31)/t25-/m1/s1. The Morgan fingerprint density at radius 3 is 2.53 bits per heavy atom. The van der Waals surface area contributed by atoms with Crippen LogP contribution in [0, 0.1) is 0 Å². The highest BCUT2D eigenvalue weighted by Gasteiger charge is 2.30. The van der Waals surface area contributed by atoms with Crippen LogP contribution in [0.1, 0.15) is 16.8 Å². The Kier molecular flexibility index (Phi) is 5.03. The van der Waals surface area contributed by atoms with Crippen molar-refractivity contribution in [2.24, 2.45) is 4.99 Å². The molecular weight excluding hydrogens is 400 g/mol. The van der Waals surface area contributed by atoms with Crippen molar-refractivity contribution in [2.75, 3.05) is 11.9 Å². The van der Waals surface area contributed by atoms with Gasteiger partial charge in [0, 0.05) is 29.4 Å². The average Bonchev–Trinajstić information content (AvgIpc) is 3.19. The number of benzene rings is 3.